The molecule has 4 nitrogen and oxygen atoms in total. The van der Waals surface area contributed by atoms with Crippen molar-refractivity contribution in [1.29, 1.82) is 5.26 Å². The second-order valence-electron chi connectivity index (χ2n) is 7.32. The van der Waals surface area contributed by atoms with Crippen molar-refractivity contribution in [1.82, 2.24) is 4.72 Å². The van der Waals surface area contributed by atoms with Gasteiger partial charge in [-0.15, -0.1) is 0 Å². The topological polar surface area (TPSA) is 70.0 Å². The van der Waals surface area contributed by atoms with E-state index in [0.29, 0.717) is 17.0 Å². The second-order valence-corrected chi connectivity index (χ2v) is 9.52. The lowest BCUT2D eigenvalue weighted by Crippen LogP contribution is -2.31. The van der Waals surface area contributed by atoms with Gasteiger partial charge in [0, 0.05) is 11.6 Å². The van der Waals surface area contributed by atoms with Crippen molar-refractivity contribution in [2.45, 2.75) is 24.2 Å². The van der Waals surface area contributed by atoms with Gasteiger partial charge in [-0.1, -0.05) is 61.0 Å². The molecule has 3 rings (SSSR count). The summed E-state index contributed by atoms with van der Waals surface area (Å²) in [4.78, 5) is 0.248. The molecule has 154 valence electrons. The molecule has 2 unspecified atom stereocenters. The van der Waals surface area contributed by atoms with E-state index in [1.54, 1.807) is 36.4 Å². The van der Waals surface area contributed by atoms with Crippen LogP contribution in [0.4, 0.5) is 0 Å². The van der Waals surface area contributed by atoms with E-state index in [0.717, 1.165) is 11.1 Å². The van der Waals surface area contributed by atoms with Crippen molar-refractivity contribution in [3.8, 4) is 6.07 Å². The molecule has 0 radical (unpaired) electrons. The first-order valence-corrected chi connectivity index (χ1v) is 11.5. The van der Waals surface area contributed by atoms with E-state index < -0.39 is 10.0 Å². The van der Waals surface area contributed by atoms with Gasteiger partial charge >= 0.3 is 0 Å². The average molecular weight is 439 g/mol. The fraction of sp³-hybridized carbons (Fsp3) is 0.208. The third-order valence-corrected chi connectivity index (χ3v) is 6.84. The van der Waals surface area contributed by atoms with Crippen molar-refractivity contribution in [2.24, 2.45) is 5.92 Å². The molecular formula is C24H23ClN2O2S. The molecule has 0 saturated carbocycles. The van der Waals surface area contributed by atoms with Gasteiger partial charge in [0.2, 0.25) is 10.0 Å². The zero-order valence-electron chi connectivity index (χ0n) is 16.6. The summed E-state index contributed by atoms with van der Waals surface area (Å²) in [5.41, 5.74) is 2.70. The minimum atomic E-state index is -3.58. The van der Waals surface area contributed by atoms with Gasteiger partial charge in [0.1, 0.15) is 0 Å². The zero-order valence-corrected chi connectivity index (χ0v) is 18.2. The molecule has 0 saturated heterocycles. The molecule has 0 spiro atoms. The largest absolute Gasteiger partial charge is 0.240 e. The standard InChI is InChI=1S/C24H23ClN2O2S/c1-18(17-27-30(28,29)23-8-3-2-4-9-23)24(15-19-10-12-22(25)13-11-19)21-7-5-6-20(14-21)16-26/h2-14,18,24,27H,15,17H2,1H3. The van der Waals surface area contributed by atoms with Crippen LogP contribution in [0.1, 0.15) is 29.5 Å². The smallest absolute Gasteiger partial charge is 0.211 e. The van der Waals surface area contributed by atoms with Gasteiger partial charge in [0.15, 0.2) is 0 Å². The normalized spacial score (nSPS) is 13.4. The fourth-order valence-corrected chi connectivity index (χ4v) is 4.72. The molecule has 0 aliphatic rings. The lowest BCUT2D eigenvalue weighted by Gasteiger charge is -2.25. The molecule has 30 heavy (non-hydrogen) atoms. The molecule has 3 aromatic carbocycles. The van der Waals surface area contributed by atoms with Crippen LogP contribution in [0.25, 0.3) is 0 Å². The van der Waals surface area contributed by atoms with Gasteiger partial charge in [-0.3, -0.25) is 0 Å². The van der Waals surface area contributed by atoms with Crippen molar-refractivity contribution in [3.63, 3.8) is 0 Å². The van der Waals surface area contributed by atoms with Gasteiger partial charge in [0.05, 0.1) is 16.5 Å². The van der Waals surface area contributed by atoms with Crippen LogP contribution in [0.15, 0.2) is 83.8 Å². The number of nitrogens with one attached hydrogen (secondary N) is 1. The number of nitriles is 1. The molecule has 0 aromatic heterocycles. The Bertz CT molecular complexity index is 1120. The number of nitrogens with zero attached hydrogens (tertiary/aromatic N) is 1. The van der Waals surface area contributed by atoms with Gasteiger partial charge in [-0.2, -0.15) is 5.26 Å². The van der Waals surface area contributed by atoms with Gasteiger partial charge in [-0.05, 0) is 65.8 Å². The van der Waals surface area contributed by atoms with E-state index in [4.69, 9.17) is 11.6 Å². The Morgan fingerprint density at radius 1 is 1.00 bits per heavy atom. The van der Waals surface area contributed by atoms with Crippen molar-refractivity contribution in [3.05, 3.63) is 101 Å². The highest BCUT2D eigenvalue weighted by molar-refractivity contribution is 7.89. The monoisotopic (exact) mass is 438 g/mol. The van der Waals surface area contributed by atoms with Crippen LogP contribution in [-0.2, 0) is 16.4 Å². The molecule has 2 atom stereocenters. The molecule has 1 N–H and O–H groups in total. The maximum atomic E-state index is 12.6. The number of hydrogen-bond acceptors (Lipinski definition) is 3. The van der Waals surface area contributed by atoms with Crippen molar-refractivity contribution >= 4 is 21.6 Å². The summed E-state index contributed by atoms with van der Waals surface area (Å²) in [6, 6.07) is 25.7. The SMILES string of the molecule is CC(CNS(=O)(=O)c1ccccc1)C(Cc1ccc(Cl)cc1)c1cccc(C#N)c1. The molecular weight excluding hydrogens is 416 g/mol. The van der Waals surface area contributed by atoms with E-state index in [-0.39, 0.29) is 23.3 Å². The number of hydrogen-bond donors (Lipinski definition) is 1. The van der Waals surface area contributed by atoms with Crippen LogP contribution >= 0.6 is 11.6 Å². The highest BCUT2D eigenvalue weighted by Crippen LogP contribution is 2.30. The minimum Gasteiger partial charge on any atom is -0.211 e. The van der Waals surface area contributed by atoms with Crippen molar-refractivity contribution < 1.29 is 8.42 Å². The molecule has 0 aliphatic heterocycles. The van der Waals surface area contributed by atoms with Crippen molar-refractivity contribution in [2.75, 3.05) is 6.54 Å². The summed E-state index contributed by atoms with van der Waals surface area (Å²) in [5, 5.41) is 9.95. The van der Waals surface area contributed by atoms with Crippen LogP contribution in [0.5, 0.6) is 0 Å². The Labute approximate surface area is 183 Å². The molecule has 6 heteroatoms. The first kappa shape index (κ1) is 22.0. The minimum absolute atomic E-state index is 0.00638. The number of benzene rings is 3. The second kappa shape index (κ2) is 9.90. The van der Waals surface area contributed by atoms with Crippen LogP contribution in [0, 0.1) is 17.2 Å². The zero-order chi connectivity index (χ0) is 21.6. The highest BCUT2D eigenvalue weighted by Gasteiger charge is 2.23. The van der Waals surface area contributed by atoms with Gasteiger partial charge in [-0.25, -0.2) is 13.1 Å². The van der Waals surface area contributed by atoms with E-state index in [2.05, 4.69) is 10.8 Å². The number of rotatable bonds is 8. The molecule has 3 aromatic rings. The average Bonchev–Trinajstić information content (AvgIpc) is 2.78. The molecule has 0 bridgehead atoms. The summed E-state index contributed by atoms with van der Waals surface area (Å²) in [6.45, 7) is 2.30. The van der Waals surface area contributed by atoms with Gasteiger partial charge < -0.3 is 0 Å². The van der Waals surface area contributed by atoms with Crippen LogP contribution in [0.2, 0.25) is 5.02 Å². The summed E-state index contributed by atoms with van der Waals surface area (Å²) >= 11 is 6.01. The van der Waals surface area contributed by atoms with E-state index in [1.807, 2.05) is 49.4 Å². The first-order valence-electron chi connectivity index (χ1n) is 9.68. The quantitative estimate of drug-likeness (QED) is 0.528. The molecule has 0 fully saturated rings. The van der Waals surface area contributed by atoms with Crippen LogP contribution < -0.4 is 4.72 Å². The first-order chi connectivity index (χ1) is 14.4. The fourth-order valence-electron chi connectivity index (χ4n) is 3.43. The van der Waals surface area contributed by atoms with Crippen LogP contribution in [0.3, 0.4) is 0 Å². The van der Waals surface area contributed by atoms with Gasteiger partial charge in [0.25, 0.3) is 0 Å². The third-order valence-electron chi connectivity index (χ3n) is 5.15. The Morgan fingerprint density at radius 3 is 2.37 bits per heavy atom. The summed E-state index contributed by atoms with van der Waals surface area (Å²) < 4.78 is 28.0. The maximum absolute atomic E-state index is 12.6. The summed E-state index contributed by atoms with van der Waals surface area (Å²) in [6.07, 6.45) is 0.709. The molecule has 0 amide bonds. The van der Waals surface area contributed by atoms with E-state index in [9.17, 15) is 13.7 Å². The lowest BCUT2D eigenvalue weighted by atomic mass is 9.82. The Kier molecular flexibility index (Phi) is 7.28. The third kappa shape index (κ3) is 5.70. The van der Waals surface area contributed by atoms with Crippen LogP contribution in [-0.4, -0.2) is 15.0 Å². The molecule has 0 heterocycles. The Balaban J connectivity index is 1.83. The predicted octanol–water partition coefficient (Wildman–Crippen LogP) is 5.15. The molecule has 0 aliphatic carbocycles. The Morgan fingerprint density at radius 2 is 1.70 bits per heavy atom. The lowest BCUT2D eigenvalue weighted by molar-refractivity contribution is 0.447. The number of halogens is 1. The Hall–Kier alpha value is -2.65. The number of sulfonamides is 1. The summed E-state index contributed by atoms with van der Waals surface area (Å²) in [5.74, 6) is 0.0195. The van der Waals surface area contributed by atoms with E-state index in [1.165, 1.54) is 0 Å². The maximum Gasteiger partial charge on any atom is 0.240 e. The highest BCUT2D eigenvalue weighted by atomic mass is 35.5. The summed E-state index contributed by atoms with van der Waals surface area (Å²) in [7, 11) is -3.58. The predicted molar refractivity (Wildman–Crippen MR) is 120 cm³/mol. The van der Waals surface area contributed by atoms with E-state index >= 15 is 0 Å².